The van der Waals surface area contributed by atoms with Gasteiger partial charge in [-0.25, -0.2) is 0 Å². The van der Waals surface area contributed by atoms with Crippen LogP contribution >= 0.6 is 0 Å². The van der Waals surface area contributed by atoms with Gasteiger partial charge in [0.2, 0.25) is 0 Å². The van der Waals surface area contributed by atoms with Crippen LogP contribution in [0.25, 0.3) is 0 Å². The molecular weight excluding hydrogens is 318 g/mol. The molecule has 2 aromatic rings. The Labute approximate surface area is 147 Å². The molecule has 132 valence electrons. The van der Waals surface area contributed by atoms with Crippen molar-refractivity contribution < 1.29 is 18.9 Å². The van der Waals surface area contributed by atoms with Gasteiger partial charge >= 0.3 is 0 Å². The first-order chi connectivity index (χ1) is 12.2. The molecule has 4 rings (SSSR count). The van der Waals surface area contributed by atoms with Crippen molar-refractivity contribution in [2.24, 2.45) is 0 Å². The number of fused-ring (bicyclic) bond motifs is 2. The third-order valence-electron chi connectivity index (χ3n) is 4.55. The zero-order chi connectivity index (χ0) is 17.2. The molecule has 5 heteroatoms. The van der Waals surface area contributed by atoms with Crippen molar-refractivity contribution in [2.75, 3.05) is 20.3 Å². The lowest BCUT2D eigenvalue weighted by Crippen LogP contribution is -2.38. The summed E-state index contributed by atoms with van der Waals surface area (Å²) in [6.45, 7) is 4.02. The molecule has 5 nitrogen and oxygen atoms in total. The molecule has 25 heavy (non-hydrogen) atoms. The van der Waals surface area contributed by atoms with E-state index in [0.29, 0.717) is 19.7 Å². The lowest BCUT2D eigenvalue weighted by molar-refractivity contribution is 0.0902. The summed E-state index contributed by atoms with van der Waals surface area (Å²) in [5.41, 5.74) is 2.31. The average molecular weight is 341 g/mol. The summed E-state index contributed by atoms with van der Waals surface area (Å²) in [4.78, 5) is 0. The number of methoxy groups -OCH3 is 1. The molecular formula is C20H23NO4. The Hall–Kier alpha value is -2.40. The third-order valence-corrected chi connectivity index (χ3v) is 4.55. The van der Waals surface area contributed by atoms with Crippen LogP contribution in [0.1, 0.15) is 18.1 Å². The molecule has 0 saturated carbocycles. The molecule has 0 aliphatic carbocycles. The van der Waals surface area contributed by atoms with Gasteiger partial charge in [-0.15, -0.1) is 0 Å². The monoisotopic (exact) mass is 341 g/mol. The van der Waals surface area contributed by atoms with Crippen molar-refractivity contribution in [3.63, 3.8) is 0 Å². The molecule has 0 fully saturated rings. The topological polar surface area (TPSA) is 49.0 Å². The van der Waals surface area contributed by atoms with Gasteiger partial charge < -0.3 is 24.3 Å². The molecule has 0 radical (unpaired) electrons. The third kappa shape index (κ3) is 3.37. The van der Waals surface area contributed by atoms with E-state index in [1.54, 1.807) is 7.11 Å². The highest BCUT2D eigenvalue weighted by Gasteiger charge is 2.23. The Bertz CT molecular complexity index is 761. The quantitative estimate of drug-likeness (QED) is 0.906. The fourth-order valence-corrected chi connectivity index (χ4v) is 3.34. The standard InChI is InChI=1S/C20H23NO4/c1-13-7-14-8-19(22-2)15(9-20(14)24-13)10-21-11-16-12-23-17-5-3-4-6-18(17)25-16/h3-6,8-9,13,16,21H,7,10-12H2,1-2H3/t13-,16+/m1/s1. The molecule has 0 unspecified atom stereocenters. The molecule has 2 aromatic carbocycles. The predicted octanol–water partition coefficient (Wildman–Crippen LogP) is 2.95. The maximum atomic E-state index is 5.97. The summed E-state index contributed by atoms with van der Waals surface area (Å²) < 4.78 is 23.1. The minimum Gasteiger partial charge on any atom is -0.496 e. The van der Waals surface area contributed by atoms with Crippen molar-refractivity contribution >= 4 is 0 Å². The predicted molar refractivity (Wildman–Crippen MR) is 94.8 cm³/mol. The largest absolute Gasteiger partial charge is 0.496 e. The molecule has 2 aliphatic rings. The van der Waals surface area contributed by atoms with E-state index < -0.39 is 0 Å². The van der Waals surface area contributed by atoms with Crippen LogP contribution in [0.15, 0.2) is 36.4 Å². The van der Waals surface area contributed by atoms with Crippen molar-refractivity contribution in [3.05, 3.63) is 47.5 Å². The molecule has 0 saturated heterocycles. The first kappa shape index (κ1) is 16.1. The molecule has 0 spiro atoms. The van der Waals surface area contributed by atoms with E-state index in [1.165, 1.54) is 5.56 Å². The summed E-state index contributed by atoms with van der Waals surface area (Å²) in [5.74, 6) is 3.48. The summed E-state index contributed by atoms with van der Waals surface area (Å²) >= 11 is 0. The SMILES string of the molecule is COc1cc2c(cc1CNC[C@H]1COc3ccccc3O1)O[C@H](C)C2. The van der Waals surface area contributed by atoms with Crippen molar-refractivity contribution in [1.82, 2.24) is 5.32 Å². The first-order valence-corrected chi connectivity index (χ1v) is 8.68. The Kier molecular flexibility index (Phi) is 4.40. The number of benzene rings is 2. The van der Waals surface area contributed by atoms with E-state index >= 15 is 0 Å². The zero-order valence-corrected chi connectivity index (χ0v) is 14.6. The second kappa shape index (κ2) is 6.84. The minimum absolute atomic E-state index is 0.00778. The van der Waals surface area contributed by atoms with Gasteiger partial charge in [0.1, 0.15) is 30.3 Å². The Morgan fingerprint density at radius 2 is 1.96 bits per heavy atom. The van der Waals surface area contributed by atoms with Crippen LogP contribution in [0.4, 0.5) is 0 Å². The highest BCUT2D eigenvalue weighted by Crippen LogP contribution is 2.35. The van der Waals surface area contributed by atoms with Gasteiger partial charge in [-0.3, -0.25) is 0 Å². The number of nitrogens with one attached hydrogen (secondary N) is 1. The molecule has 2 aliphatic heterocycles. The van der Waals surface area contributed by atoms with Crippen molar-refractivity contribution in [3.8, 4) is 23.0 Å². The Morgan fingerprint density at radius 3 is 2.80 bits per heavy atom. The number of hydrogen-bond donors (Lipinski definition) is 1. The van der Waals surface area contributed by atoms with E-state index in [1.807, 2.05) is 24.3 Å². The lowest BCUT2D eigenvalue weighted by Gasteiger charge is -2.26. The Balaban J connectivity index is 1.37. The smallest absolute Gasteiger partial charge is 0.161 e. The minimum atomic E-state index is -0.00778. The van der Waals surface area contributed by atoms with Crippen LogP contribution in [0, 0.1) is 0 Å². The summed E-state index contributed by atoms with van der Waals surface area (Å²) in [5, 5.41) is 3.44. The summed E-state index contributed by atoms with van der Waals surface area (Å²) in [7, 11) is 1.71. The summed E-state index contributed by atoms with van der Waals surface area (Å²) in [6.07, 6.45) is 1.16. The van der Waals surface area contributed by atoms with E-state index in [0.717, 1.165) is 35.0 Å². The molecule has 0 aromatic heterocycles. The van der Waals surface area contributed by atoms with Crippen LogP contribution in [0.2, 0.25) is 0 Å². The van der Waals surface area contributed by atoms with Gasteiger partial charge in [-0.1, -0.05) is 12.1 Å². The van der Waals surface area contributed by atoms with Gasteiger partial charge in [0.05, 0.1) is 7.11 Å². The van der Waals surface area contributed by atoms with Gasteiger partial charge in [0.25, 0.3) is 0 Å². The van der Waals surface area contributed by atoms with E-state index in [4.69, 9.17) is 18.9 Å². The molecule has 2 heterocycles. The van der Waals surface area contributed by atoms with Crippen LogP contribution in [-0.2, 0) is 13.0 Å². The maximum Gasteiger partial charge on any atom is 0.161 e. The fourth-order valence-electron chi connectivity index (χ4n) is 3.34. The zero-order valence-electron chi connectivity index (χ0n) is 14.6. The van der Waals surface area contributed by atoms with Crippen LogP contribution in [0.5, 0.6) is 23.0 Å². The van der Waals surface area contributed by atoms with Gasteiger partial charge in [-0.05, 0) is 31.2 Å². The van der Waals surface area contributed by atoms with Crippen molar-refractivity contribution in [2.45, 2.75) is 32.1 Å². The van der Waals surface area contributed by atoms with Crippen LogP contribution < -0.4 is 24.3 Å². The average Bonchev–Trinajstić information content (AvgIpc) is 2.99. The van der Waals surface area contributed by atoms with Gasteiger partial charge in [0.15, 0.2) is 11.5 Å². The lowest BCUT2D eigenvalue weighted by atomic mass is 10.1. The van der Waals surface area contributed by atoms with Crippen LogP contribution in [-0.4, -0.2) is 32.5 Å². The number of hydrogen-bond acceptors (Lipinski definition) is 5. The number of ether oxygens (including phenoxy) is 4. The Morgan fingerprint density at radius 1 is 1.12 bits per heavy atom. The first-order valence-electron chi connectivity index (χ1n) is 8.68. The van der Waals surface area contributed by atoms with E-state index in [9.17, 15) is 0 Å². The number of rotatable bonds is 5. The van der Waals surface area contributed by atoms with Crippen molar-refractivity contribution in [1.29, 1.82) is 0 Å². The highest BCUT2D eigenvalue weighted by molar-refractivity contribution is 5.48. The number of para-hydroxylation sites is 2. The fraction of sp³-hybridized carbons (Fsp3) is 0.400. The van der Waals surface area contributed by atoms with Gasteiger partial charge in [0, 0.05) is 30.6 Å². The normalized spacial score (nSPS) is 20.7. The second-order valence-corrected chi connectivity index (χ2v) is 6.53. The molecule has 0 bridgehead atoms. The molecule has 2 atom stereocenters. The van der Waals surface area contributed by atoms with Crippen LogP contribution in [0.3, 0.4) is 0 Å². The van der Waals surface area contributed by atoms with E-state index in [2.05, 4.69) is 24.4 Å². The molecule has 1 N–H and O–H groups in total. The highest BCUT2D eigenvalue weighted by atomic mass is 16.6. The summed E-state index contributed by atoms with van der Waals surface area (Å²) in [6, 6.07) is 11.9. The molecule has 0 amide bonds. The van der Waals surface area contributed by atoms with E-state index in [-0.39, 0.29) is 12.2 Å². The van der Waals surface area contributed by atoms with Gasteiger partial charge in [-0.2, -0.15) is 0 Å². The maximum absolute atomic E-state index is 5.97. The second-order valence-electron chi connectivity index (χ2n) is 6.53.